The highest BCUT2D eigenvalue weighted by Crippen LogP contribution is 2.48. The van der Waals surface area contributed by atoms with E-state index in [1.807, 2.05) is 25.3 Å². The Labute approximate surface area is 179 Å². The van der Waals surface area contributed by atoms with Crippen molar-refractivity contribution in [3.05, 3.63) is 74.5 Å². The number of carbonyl (C=O) groups excluding carboxylic acids is 2. The van der Waals surface area contributed by atoms with E-state index >= 15 is 0 Å². The van der Waals surface area contributed by atoms with Gasteiger partial charge in [0.25, 0.3) is 5.91 Å². The zero-order chi connectivity index (χ0) is 21.6. The van der Waals surface area contributed by atoms with Crippen LogP contribution in [-0.4, -0.2) is 11.7 Å². The summed E-state index contributed by atoms with van der Waals surface area (Å²) in [7, 11) is 0. The fourth-order valence-electron chi connectivity index (χ4n) is 4.43. The maximum absolute atomic E-state index is 14.2. The van der Waals surface area contributed by atoms with E-state index in [0.29, 0.717) is 23.3 Å². The van der Waals surface area contributed by atoms with Crippen LogP contribution in [0.15, 0.2) is 58.3 Å². The molecule has 30 heavy (non-hydrogen) atoms. The maximum Gasteiger partial charge on any atom is 0.254 e. The van der Waals surface area contributed by atoms with Gasteiger partial charge in [0.2, 0.25) is 0 Å². The molecule has 1 aliphatic carbocycles. The fourth-order valence-corrected chi connectivity index (χ4v) is 5.48. The number of para-hydroxylation sites is 1. The first-order chi connectivity index (χ1) is 14.2. The highest BCUT2D eigenvalue weighted by molar-refractivity contribution is 7.10. The number of nitrogens with one attached hydrogen (secondary N) is 2. The number of carbonyl (C=O) groups is 2. The van der Waals surface area contributed by atoms with Gasteiger partial charge in [-0.1, -0.05) is 26.0 Å². The number of aryl methyl sites for hydroxylation is 1. The van der Waals surface area contributed by atoms with Gasteiger partial charge in [-0.2, -0.15) is 0 Å². The summed E-state index contributed by atoms with van der Waals surface area (Å²) in [6.45, 7) is 8.01. The molecule has 1 aromatic carbocycles. The van der Waals surface area contributed by atoms with E-state index in [0.717, 1.165) is 22.6 Å². The Hall–Kier alpha value is -2.73. The van der Waals surface area contributed by atoms with Crippen molar-refractivity contribution < 1.29 is 14.0 Å². The van der Waals surface area contributed by atoms with Crippen molar-refractivity contribution in [1.29, 1.82) is 0 Å². The molecule has 1 aliphatic heterocycles. The lowest BCUT2D eigenvalue weighted by Crippen LogP contribution is -2.39. The van der Waals surface area contributed by atoms with Gasteiger partial charge >= 0.3 is 0 Å². The Bertz CT molecular complexity index is 1110. The topological polar surface area (TPSA) is 58.2 Å². The number of benzene rings is 1. The number of amides is 1. The first kappa shape index (κ1) is 20.5. The quantitative estimate of drug-likeness (QED) is 0.690. The summed E-state index contributed by atoms with van der Waals surface area (Å²) in [6, 6.07) is 8.09. The van der Waals surface area contributed by atoms with E-state index in [4.69, 9.17) is 0 Å². The third kappa shape index (κ3) is 3.60. The van der Waals surface area contributed by atoms with E-state index < -0.39 is 17.6 Å². The number of rotatable bonds is 3. The Kier molecular flexibility index (Phi) is 5.14. The van der Waals surface area contributed by atoms with Crippen LogP contribution in [0.25, 0.3) is 0 Å². The minimum atomic E-state index is -0.493. The average molecular weight is 425 g/mol. The molecule has 1 unspecified atom stereocenters. The Morgan fingerprint density at radius 2 is 1.93 bits per heavy atom. The maximum atomic E-state index is 14.2. The van der Waals surface area contributed by atoms with Crippen molar-refractivity contribution >= 4 is 28.7 Å². The fraction of sp³-hybridized carbons (Fsp3) is 0.333. The summed E-state index contributed by atoms with van der Waals surface area (Å²) in [5.41, 5.74) is 3.77. The SMILES string of the molecule is CC1=C(C(=O)Nc2ccccc2F)C(c2sccc2C)C2=C(CC(C)(C)CC2=O)N1. The number of hydrogen-bond donors (Lipinski definition) is 2. The largest absolute Gasteiger partial charge is 0.362 e. The van der Waals surface area contributed by atoms with Crippen LogP contribution in [0.2, 0.25) is 0 Å². The Morgan fingerprint density at radius 1 is 1.20 bits per heavy atom. The lowest BCUT2D eigenvalue weighted by Gasteiger charge is -2.39. The minimum absolute atomic E-state index is 0.0650. The number of anilines is 1. The number of Topliss-reactive ketones (excluding diaryl/α,β-unsaturated/α-hetero) is 1. The van der Waals surface area contributed by atoms with Crippen LogP contribution in [0.5, 0.6) is 0 Å². The van der Waals surface area contributed by atoms with Gasteiger partial charge in [-0.05, 0) is 54.8 Å². The molecule has 2 heterocycles. The van der Waals surface area contributed by atoms with Gasteiger partial charge in [-0.3, -0.25) is 9.59 Å². The van der Waals surface area contributed by atoms with Crippen LogP contribution >= 0.6 is 11.3 Å². The molecule has 0 radical (unpaired) electrons. The molecule has 156 valence electrons. The first-order valence-corrected chi connectivity index (χ1v) is 10.9. The second kappa shape index (κ2) is 7.51. The number of hydrogen-bond acceptors (Lipinski definition) is 4. The van der Waals surface area contributed by atoms with E-state index in [-0.39, 0.29) is 16.9 Å². The molecular weight excluding hydrogens is 399 g/mol. The third-order valence-corrected chi connectivity index (χ3v) is 6.85. The van der Waals surface area contributed by atoms with Gasteiger partial charge in [0.1, 0.15) is 5.82 Å². The van der Waals surface area contributed by atoms with Crippen molar-refractivity contribution in [3.8, 4) is 0 Å². The van der Waals surface area contributed by atoms with E-state index in [9.17, 15) is 14.0 Å². The summed E-state index contributed by atoms with van der Waals surface area (Å²) in [6.07, 6.45) is 1.18. The first-order valence-electron chi connectivity index (χ1n) is 10.0. The molecule has 0 bridgehead atoms. The van der Waals surface area contributed by atoms with Crippen molar-refractivity contribution in [1.82, 2.24) is 5.32 Å². The molecule has 2 aliphatic rings. The summed E-state index contributed by atoms with van der Waals surface area (Å²) in [5, 5.41) is 8.02. The molecule has 0 spiro atoms. The van der Waals surface area contributed by atoms with Gasteiger partial charge in [-0.15, -0.1) is 11.3 Å². The van der Waals surface area contributed by atoms with Crippen molar-refractivity contribution in [2.75, 3.05) is 5.32 Å². The van der Waals surface area contributed by atoms with E-state index in [2.05, 4.69) is 24.5 Å². The number of allylic oxidation sites excluding steroid dienone is 3. The third-order valence-electron chi connectivity index (χ3n) is 5.77. The van der Waals surface area contributed by atoms with E-state index in [1.54, 1.807) is 23.5 Å². The van der Waals surface area contributed by atoms with Gasteiger partial charge in [-0.25, -0.2) is 4.39 Å². The molecule has 6 heteroatoms. The zero-order valence-corrected chi connectivity index (χ0v) is 18.4. The average Bonchev–Trinajstić information content (AvgIpc) is 3.07. The summed E-state index contributed by atoms with van der Waals surface area (Å²) < 4.78 is 14.2. The summed E-state index contributed by atoms with van der Waals surface area (Å²) in [5.74, 6) is -1.27. The van der Waals surface area contributed by atoms with Crippen LogP contribution < -0.4 is 10.6 Å². The lowest BCUT2D eigenvalue weighted by atomic mass is 9.69. The van der Waals surface area contributed by atoms with Crippen LogP contribution in [0, 0.1) is 18.2 Å². The van der Waals surface area contributed by atoms with Crippen LogP contribution in [-0.2, 0) is 9.59 Å². The molecule has 0 saturated heterocycles. The summed E-state index contributed by atoms with van der Waals surface area (Å²) >= 11 is 1.54. The predicted octanol–water partition coefficient (Wildman–Crippen LogP) is 5.44. The van der Waals surface area contributed by atoms with Gasteiger partial charge in [0.05, 0.1) is 11.6 Å². The molecule has 0 saturated carbocycles. The van der Waals surface area contributed by atoms with Crippen molar-refractivity contribution in [2.45, 2.75) is 46.5 Å². The smallest absolute Gasteiger partial charge is 0.254 e. The monoisotopic (exact) mass is 424 g/mol. The molecule has 0 fully saturated rings. The van der Waals surface area contributed by atoms with Crippen molar-refractivity contribution in [3.63, 3.8) is 0 Å². The highest BCUT2D eigenvalue weighted by Gasteiger charge is 2.43. The van der Waals surface area contributed by atoms with Crippen LogP contribution in [0.3, 0.4) is 0 Å². The summed E-state index contributed by atoms with van der Waals surface area (Å²) in [4.78, 5) is 27.6. The molecule has 4 rings (SSSR count). The van der Waals surface area contributed by atoms with Gasteiger partial charge in [0, 0.05) is 33.8 Å². The van der Waals surface area contributed by atoms with Gasteiger partial charge in [0.15, 0.2) is 5.78 Å². The molecule has 4 nitrogen and oxygen atoms in total. The van der Waals surface area contributed by atoms with E-state index in [1.165, 1.54) is 12.1 Å². The Morgan fingerprint density at radius 3 is 2.60 bits per heavy atom. The number of dihydropyridines is 1. The zero-order valence-electron chi connectivity index (χ0n) is 17.6. The number of ketones is 1. The highest BCUT2D eigenvalue weighted by atomic mass is 32.1. The molecule has 2 aromatic rings. The van der Waals surface area contributed by atoms with Crippen LogP contribution in [0.4, 0.5) is 10.1 Å². The van der Waals surface area contributed by atoms with Crippen molar-refractivity contribution in [2.24, 2.45) is 5.41 Å². The molecule has 1 atom stereocenters. The number of halogens is 1. The lowest BCUT2D eigenvalue weighted by molar-refractivity contribution is -0.118. The second-order valence-corrected chi connectivity index (χ2v) is 9.78. The minimum Gasteiger partial charge on any atom is -0.362 e. The molecule has 2 N–H and O–H groups in total. The standard InChI is InChI=1S/C24H25FN2O2S/c1-13-9-10-30-22(13)21-19(23(29)27-16-8-6-5-7-15(16)25)14(2)26-17-11-24(3,4)12-18(28)20(17)21/h5-10,21,26H,11-12H2,1-4H3,(H,27,29). The predicted molar refractivity (Wildman–Crippen MR) is 118 cm³/mol. The van der Waals surface area contributed by atoms with Gasteiger partial charge < -0.3 is 10.6 Å². The normalized spacial score (nSPS) is 20.7. The Balaban J connectivity index is 1.81. The second-order valence-electron chi connectivity index (χ2n) is 8.83. The van der Waals surface area contributed by atoms with Crippen LogP contribution in [0.1, 0.15) is 50.0 Å². The number of thiophene rings is 1. The molecule has 1 amide bonds. The molecule has 1 aromatic heterocycles. The molecular formula is C24H25FN2O2S.